The molecule has 0 unspecified atom stereocenters. The number of nitrogens with one attached hydrogen (secondary N) is 1. The van der Waals surface area contributed by atoms with Crippen LogP contribution < -0.4 is 19.7 Å². The van der Waals surface area contributed by atoms with Crippen molar-refractivity contribution in [2.45, 2.75) is 25.7 Å². The standard InChI is InChI=1S/C23H24N4O2/c1-2-7-13-27(12-6-1)22-15-19(17-8-4-3-5-9-17)25-23(26-22)24-18-10-11-20-21(14-18)29-16-28-20/h3-5,8-11,14-15H,1-2,6-7,12-13,16H2,(H,24,25,26). The number of anilines is 3. The normalized spacial score (nSPS) is 15.8. The minimum Gasteiger partial charge on any atom is -0.454 e. The van der Waals surface area contributed by atoms with E-state index in [1.807, 2.05) is 36.4 Å². The fourth-order valence-electron chi connectivity index (χ4n) is 3.81. The molecule has 1 fully saturated rings. The molecule has 6 heteroatoms. The predicted molar refractivity (Wildman–Crippen MR) is 114 cm³/mol. The van der Waals surface area contributed by atoms with E-state index < -0.39 is 0 Å². The Labute approximate surface area is 170 Å². The van der Waals surface area contributed by atoms with Gasteiger partial charge in [0.2, 0.25) is 12.7 Å². The van der Waals surface area contributed by atoms with E-state index in [9.17, 15) is 0 Å². The number of aromatic nitrogens is 2. The van der Waals surface area contributed by atoms with E-state index in [4.69, 9.17) is 19.4 Å². The summed E-state index contributed by atoms with van der Waals surface area (Å²) in [6.45, 7) is 2.33. The van der Waals surface area contributed by atoms with Crippen LogP contribution in [0, 0.1) is 0 Å². The Bertz CT molecular complexity index is 985. The molecule has 1 aromatic heterocycles. The van der Waals surface area contributed by atoms with Gasteiger partial charge in [-0.3, -0.25) is 0 Å². The first kappa shape index (κ1) is 17.8. The molecule has 3 heterocycles. The molecule has 0 amide bonds. The van der Waals surface area contributed by atoms with E-state index >= 15 is 0 Å². The zero-order valence-corrected chi connectivity index (χ0v) is 16.3. The minimum absolute atomic E-state index is 0.262. The van der Waals surface area contributed by atoms with Crippen molar-refractivity contribution in [3.63, 3.8) is 0 Å². The lowest BCUT2D eigenvalue weighted by atomic mass is 10.1. The fraction of sp³-hybridized carbons (Fsp3) is 0.304. The average Bonchev–Trinajstić information content (AvgIpc) is 3.05. The Morgan fingerprint density at radius 3 is 2.41 bits per heavy atom. The Morgan fingerprint density at radius 2 is 1.59 bits per heavy atom. The third kappa shape index (κ3) is 3.97. The lowest BCUT2D eigenvalue weighted by Gasteiger charge is -2.22. The van der Waals surface area contributed by atoms with Crippen molar-refractivity contribution in [2.24, 2.45) is 0 Å². The van der Waals surface area contributed by atoms with Crippen LogP contribution in [0.2, 0.25) is 0 Å². The van der Waals surface area contributed by atoms with E-state index in [2.05, 4.69) is 28.4 Å². The number of fused-ring (bicyclic) bond motifs is 1. The summed E-state index contributed by atoms with van der Waals surface area (Å²) in [4.78, 5) is 12.0. The molecule has 2 aliphatic rings. The van der Waals surface area contributed by atoms with Crippen LogP contribution in [-0.4, -0.2) is 29.9 Å². The summed E-state index contributed by atoms with van der Waals surface area (Å²) >= 11 is 0. The molecule has 2 aliphatic heterocycles. The molecule has 29 heavy (non-hydrogen) atoms. The highest BCUT2D eigenvalue weighted by Gasteiger charge is 2.17. The van der Waals surface area contributed by atoms with E-state index in [-0.39, 0.29) is 6.79 Å². The molecule has 0 spiro atoms. The molecular formula is C23H24N4O2. The molecule has 0 bridgehead atoms. The van der Waals surface area contributed by atoms with E-state index in [0.29, 0.717) is 5.95 Å². The number of benzene rings is 2. The second kappa shape index (κ2) is 7.99. The minimum atomic E-state index is 0.262. The maximum atomic E-state index is 5.49. The van der Waals surface area contributed by atoms with Crippen molar-refractivity contribution in [3.8, 4) is 22.8 Å². The van der Waals surface area contributed by atoms with Gasteiger partial charge in [-0.1, -0.05) is 43.2 Å². The van der Waals surface area contributed by atoms with Crippen LogP contribution in [0.5, 0.6) is 11.5 Å². The first-order chi connectivity index (χ1) is 14.3. The quantitative estimate of drug-likeness (QED) is 0.679. The van der Waals surface area contributed by atoms with Crippen molar-refractivity contribution in [1.82, 2.24) is 9.97 Å². The second-order valence-corrected chi connectivity index (χ2v) is 7.40. The van der Waals surface area contributed by atoms with E-state index in [1.54, 1.807) is 0 Å². The molecule has 0 saturated carbocycles. The first-order valence-corrected chi connectivity index (χ1v) is 10.2. The zero-order valence-electron chi connectivity index (χ0n) is 16.3. The van der Waals surface area contributed by atoms with E-state index in [1.165, 1.54) is 25.7 Å². The van der Waals surface area contributed by atoms with Gasteiger partial charge in [0.05, 0.1) is 5.69 Å². The van der Waals surface area contributed by atoms with Gasteiger partial charge in [0, 0.05) is 36.5 Å². The third-order valence-electron chi connectivity index (χ3n) is 5.34. The van der Waals surface area contributed by atoms with Gasteiger partial charge in [-0.05, 0) is 25.0 Å². The number of ether oxygens (including phenoxy) is 2. The van der Waals surface area contributed by atoms with Crippen LogP contribution in [0.1, 0.15) is 25.7 Å². The lowest BCUT2D eigenvalue weighted by Crippen LogP contribution is -2.25. The van der Waals surface area contributed by atoms with Crippen LogP contribution in [0.25, 0.3) is 11.3 Å². The van der Waals surface area contributed by atoms with Gasteiger partial charge in [0.25, 0.3) is 0 Å². The Kier molecular flexibility index (Phi) is 4.90. The maximum absolute atomic E-state index is 5.49. The van der Waals surface area contributed by atoms with Gasteiger partial charge < -0.3 is 19.7 Å². The van der Waals surface area contributed by atoms with Crippen molar-refractivity contribution < 1.29 is 9.47 Å². The van der Waals surface area contributed by atoms with Crippen LogP contribution >= 0.6 is 0 Å². The molecule has 3 aromatic rings. The number of hydrogen-bond acceptors (Lipinski definition) is 6. The first-order valence-electron chi connectivity index (χ1n) is 10.2. The molecule has 148 valence electrons. The fourth-order valence-corrected chi connectivity index (χ4v) is 3.81. The van der Waals surface area contributed by atoms with Gasteiger partial charge in [-0.2, -0.15) is 4.98 Å². The highest BCUT2D eigenvalue weighted by Crippen LogP contribution is 2.35. The van der Waals surface area contributed by atoms with Gasteiger partial charge in [0.1, 0.15) is 5.82 Å². The Balaban J connectivity index is 1.50. The highest BCUT2D eigenvalue weighted by atomic mass is 16.7. The molecule has 2 aromatic carbocycles. The van der Waals surface area contributed by atoms with Gasteiger partial charge >= 0.3 is 0 Å². The van der Waals surface area contributed by atoms with Crippen molar-refractivity contribution >= 4 is 17.5 Å². The van der Waals surface area contributed by atoms with E-state index in [0.717, 1.165) is 47.4 Å². The van der Waals surface area contributed by atoms with Crippen LogP contribution in [0.4, 0.5) is 17.5 Å². The Hall–Kier alpha value is -3.28. The second-order valence-electron chi connectivity index (χ2n) is 7.40. The summed E-state index contributed by atoms with van der Waals surface area (Å²) < 4.78 is 10.9. The van der Waals surface area contributed by atoms with Crippen LogP contribution in [-0.2, 0) is 0 Å². The van der Waals surface area contributed by atoms with Gasteiger partial charge in [-0.25, -0.2) is 4.98 Å². The molecule has 5 rings (SSSR count). The molecular weight excluding hydrogens is 364 g/mol. The molecule has 0 aliphatic carbocycles. The molecule has 0 radical (unpaired) electrons. The summed E-state index contributed by atoms with van der Waals surface area (Å²) in [7, 11) is 0. The number of rotatable bonds is 4. The maximum Gasteiger partial charge on any atom is 0.231 e. The Morgan fingerprint density at radius 1 is 0.793 bits per heavy atom. The summed E-state index contributed by atoms with van der Waals surface area (Å²) in [5.41, 5.74) is 2.88. The van der Waals surface area contributed by atoms with Gasteiger partial charge in [0.15, 0.2) is 11.5 Å². The molecule has 1 saturated heterocycles. The molecule has 1 N–H and O–H groups in total. The summed E-state index contributed by atoms with van der Waals surface area (Å²) in [5.74, 6) is 3.06. The smallest absolute Gasteiger partial charge is 0.231 e. The summed E-state index contributed by atoms with van der Waals surface area (Å²) in [6, 6.07) is 18.1. The summed E-state index contributed by atoms with van der Waals surface area (Å²) in [6.07, 6.45) is 4.98. The zero-order chi connectivity index (χ0) is 19.5. The monoisotopic (exact) mass is 388 g/mol. The van der Waals surface area contributed by atoms with Crippen molar-refractivity contribution in [2.75, 3.05) is 30.1 Å². The van der Waals surface area contributed by atoms with Crippen molar-refractivity contribution in [3.05, 3.63) is 54.6 Å². The summed E-state index contributed by atoms with van der Waals surface area (Å²) in [5, 5.41) is 3.35. The largest absolute Gasteiger partial charge is 0.454 e. The van der Waals surface area contributed by atoms with Crippen LogP contribution in [0.15, 0.2) is 54.6 Å². The molecule has 0 atom stereocenters. The predicted octanol–water partition coefficient (Wildman–Crippen LogP) is 5.00. The van der Waals surface area contributed by atoms with Gasteiger partial charge in [-0.15, -0.1) is 0 Å². The van der Waals surface area contributed by atoms with Crippen LogP contribution in [0.3, 0.4) is 0 Å². The third-order valence-corrected chi connectivity index (χ3v) is 5.34. The topological polar surface area (TPSA) is 59.5 Å². The lowest BCUT2D eigenvalue weighted by molar-refractivity contribution is 0.174. The highest BCUT2D eigenvalue weighted by molar-refractivity contribution is 5.67. The van der Waals surface area contributed by atoms with Crippen molar-refractivity contribution in [1.29, 1.82) is 0 Å². The number of hydrogen-bond donors (Lipinski definition) is 1. The SMILES string of the molecule is c1ccc(-c2cc(N3CCCCCC3)nc(Nc3ccc4c(c3)OCO4)n2)cc1. The average molecular weight is 388 g/mol. The molecule has 6 nitrogen and oxygen atoms in total. The number of nitrogens with zero attached hydrogens (tertiary/aromatic N) is 3.